The molecular weight excluding hydrogens is 334 g/mol. The third-order valence-corrected chi connectivity index (χ3v) is 4.24. The van der Waals surface area contributed by atoms with Crippen molar-refractivity contribution in [2.24, 2.45) is 0 Å². The number of hydrogen-bond acceptors (Lipinski definition) is 10. The molecule has 1 aliphatic rings. The number of nitrogens with zero attached hydrogens (tertiary/aromatic N) is 6. The van der Waals surface area contributed by atoms with Crippen LogP contribution < -0.4 is 21.7 Å². The average molecular weight is 353 g/mol. The standard InChI is InChI=1S/C16H19N9O/c17-13-1-5-19-16(22-13)25-6-2-11-12(3-7-25)21-15(18)23-14(11)20-9-10-4-8-26-24-10/h1,4-5,8H,2-3,6-7,9H2,(H2,17,19,22)(H3,18,20,21,23). The highest BCUT2D eigenvalue weighted by Gasteiger charge is 2.21. The third-order valence-electron chi connectivity index (χ3n) is 4.24. The number of nitrogens with two attached hydrogens (primary N) is 2. The van der Waals surface area contributed by atoms with Gasteiger partial charge in [-0.15, -0.1) is 0 Å². The first-order valence-corrected chi connectivity index (χ1v) is 8.31. The second kappa shape index (κ2) is 6.82. The summed E-state index contributed by atoms with van der Waals surface area (Å²) in [6.07, 6.45) is 4.67. The van der Waals surface area contributed by atoms with E-state index in [1.54, 1.807) is 18.3 Å². The molecule has 4 rings (SSSR count). The van der Waals surface area contributed by atoms with Gasteiger partial charge in [0.05, 0.1) is 12.2 Å². The van der Waals surface area contributed by atoms with Crippen LogP contribution in [0.1, 0.15) is 17.0 Å². The number of fused-ring (bicyclic) bond motifs is 1. The zero-order chi connectivity index (χ0) is 17.9. The minimum absolute atomic E-state index is 0.250. The topological polar surface area (TPSA) is 145 Å². The quantitative estimate of drug-likeness (QED) is 0.610. The summed E-state index contributed by atoms with van der Waals surface area (Å²) in [5.74, 6) is 2.05. The summed E-state index contributed by atoms with van der Waals surface area (Å²) in [6.45, 7) is 1.97. The molecule has 0 spiro atoms. The second-order valence-electron chi connectivity index (χ2n) is 5.97. The van der Waals surface area contributed by atoms with Crippen molar-refractivity contribution in [3.05, 3.63) is 41.5 Å². The molecule has 3 aromatic heterocycles. The van der Waals surface area contributed by atoms with Crippen molar-refractivity contribution in [2.45, 2.75) is 19.4 Å². The van der Waals surface area contributed by atoms with Crippen molar-refractivity contribution >= 4 is 23.5 Å². The van der Waals surface area contributed by atoms with Crippen LogP contribution in [-0.2, 0) is 19.4 Å². The summed E-state index contributed by atoms with van der Waals surface area (Å²) in [6, 6.07) is 3.48. The first-order chi connectivity index (χ1) is 12.7. The lowest BCUT2D eigenvalue weighted by atomic mass is 10.1. The van der Waals surface area contributed by atoms with Gasteiger partial charge >= 0.3 is 0 Å². The SMILES string of the molecule is Nc1ccnc(N2CCc3nc(N)nc(NCc4ccon4)c3CC2)n1. The maximum atomic E-state index is 5.90. The summed E-state index contributed by atoms with van der Waals surface area (Å²) < 4.78 is 4.85. The van der Waals surface area contributed by atoms with Crippen LogP contribution in [-0.4, -0.2) is 38.2 Å². The maximum Gasteiger partial charge on any atom is 0.227 e. The highest BCUT2D eigenvalue weighted by Crippen LogP contribution is 2.24. The number of rotatable bonds is 4. The zero-order valence-corrected chi connectivity index (χ0v) is 14.1. The van der Waals surface area contributed by atoms with E-state index in [0.717, 1.165) is 48.7 Å². The Labute approximate surface area is 149 Å². The lowest BCUT2D eigenvalue weighted by Crippen LogP contribution is -2.28. The summed E-state index contributed by atoms with van der Waals surface area (Å²) in [5.41, 5.74) is 14.5. The maximum absolute atomic E-state index is 5.90. The smallest absolute Gasteiger partial charge is 0.227 e. The Hall–Kier alpha value is -3.43. The first-order valence-electron chi connectivity index (χ1n) is 8.31. The molecule has 10 heteroatoms. The molecule has 0 aliphatic carbocycles. The van der Waals surface area contributed by atoms with Crippen LogP contribution >= 0.6 is 0 Å². The van der Waals surface area contributed by atoms with E-state index in [-0.39, 0.29) is 5.95 Å². The monoisotopic (exact) mass is 353 g/mol. The van der Waals surface area contributed by atoms with Gasteiger partial charge in [0.1, 0.15) is 23.6 Å². The number of anilines is 4. The molecule has 0 atom stereocenters. The third kappa shape index (κ3) is 3.34. The lowest BCUT2D eigenvalue weighted by Gasteiger charge is -2.19. The molecule has 0 saturated carbocycles. The fraction of sp³-hybridized carbons (Fsp3) is 0.312. The normalized spacial score (nSPS) is 13.9. The van der Waals surface area contributed by atoms with E-state index in [2.05, 4.69) is 35.3 Å². The van der Waals surface area contributed by atoms with Gasteiger partial charge in [-0.3, -0.25) is 0 Å². The average Bonchev–Trinajstić information content (AvgIpc) is 3.05. The van der Waals surface area contributed by atoms with E-state index in [0.29, 0.717) is 18.3 Å². The van der Waals surface area contributed by atoms with Gasteiger partial charge < -0.3 is 26.2 Å². The Kier molecular flexibility index (Phi) is 4.22. The minimum atomic E-state index is 0.250. The highest BCUT2D eigenvalue weighted by atomic mass is 16.5. The number of nitrogens with one attached hydrogen (secondary N) is 1. The molecule has 10 nitrogen and oxygen atoms in total. The Bertz CT molecular complexity index is 897. The molecule has 3 aromatic rings. The molecule has 0 fully saturated rings. The van der Waals surface area contributed by atoms with Crippen LogP contribution in [0.25, 0.3) is 0 Å². The lowest BCUT2D eigenvalue weighted by molar-refractivity contribution is 0.412. The predicted octanol–water partition coefficient (Wildman–Crippen LogP) is 0.636. The fourth-order valence-corrected chi connectivity index (χ4v) is 2.98. The Morgan fingerprint density at radius 1 is 1.12 bits per heavy atom. The van der Waals surface area contributed by atoms with Crippen LogP contribution in [0, 0.1) is 0 Å². The van der Waals surface area contributed by atoms with Gasteiger partial charge in [0.15, 0.2) is 0 Å². The van der Waals surface area contributed by atoms with Gasteiger partial charge in [0, 0.05) is 37.3 Å². The van der Waals surface area contributed by atoms with Crippen molar-refractivity contribution in [3.63, 3.8) is 0 Å². The van der Waals surface area contributed by atoms with E-state index in [1.165, 1.54) is 6.26 Å². The van der Waals surface area contributed by atoms with Gasteiger partial charge in [-0.25, -0.2) is 9.97 Å². The Balaban J connectivity index is 1.56. The van der Waals surface area contributed by atoms with Crippen LogP contribution in [0.4, 0.5) is 23.5 Å². The summed E-state index contributed by atoms with van der Waals surface area (Å²) in [4.78, 5) is 19.5. The van der Waals surface area contributed by atoms with Crippen molar-refractivity contribution < 1.29 is 4.52 Å². The second-order valence-corrected chi connectivity index (χ2v) is 5.97. The predicted molar refractivity (Wildman–Crippen MR) is 96.3 cm³/mol. The largest absolute Gasteiger partial charge is 0.384 e. The Morgan fingerprint density at radius 2 is 2.00 bits per heavy atom. The molecule has 134 valence electrons. The van der Waals surface area contributed by atoms with Gasteiger partial charge in [-0.1, -0.05) is 5.16 Å². The van der Waals surface area contributed by atoms with Gasteiger partial charge in [0.2, 0.25) is 11.9 Å². The van der Waals surface area contributed by atoms with Crippen LogP contribution in [0.3, 0.4) is 0 Å². The van der Waals surface area contributed by atoms with E-state index >= 15 is 0 Å². The van der Waals surface area contributed by atoms with Crippen LogP contribution in [0.5, 0.6) is 0 Å². The van der Waals surface area contributed by atoms with Gasteiger partial charge in [0.25, 0.3) is 0 Å². The molecule has 0 saturated heterocycles. The summed E-state index contributed by atoms with van der Waals surface area (Å²) in [7, 11) is 0. The number of aromatic nitrogens is 5. The summed E-state index contributed by atoms with van der Waals surface area (Å²) >= 11 is 0. The molecule has 0 unspecified atom stereocenters. The number of nitrogen functional groups attached to an aromatic ring is 2. The summed E-state index contributed by atoms with van der Waals surface area (Å²) in [5, 5.41) is 7.18. The van der Waals surface area contributed by atoms with Gasteiger partial charge in [-0.05, 0) is 12.5 Å². The molecule has 26 heavy (non-hydrogen) atoms. The molecule has 5 N–H and O–H groups in total. The Morgan fingerprint density at radius 3 is 2.81 bits per heavy atom. The zero-order valence-electron chi connectivity index (χ0n) is 14.1. The molecule has 0 amide bonds. The molecular formula is C16H19N9O. The van der Waals surface area contributed by atoms with Crippen molar-refractivity contribution in [1.29, 1.82) is 0 Å². The van der Waals surface area contributed by atoms with E-state index < -0.39 is 0 Å². The molecule has 0 radical (unpaired) electrons. The fourth-order valence-electron chi connectivity index (χ4n) is 2.98. The van der Waals surface area contributed by atoms with E-state index in [1.807, 2.05) is 0 Å². The van der Waals surface area contributed by atoms with Gasteiger partial charge in [-0.2, -0.15) is 9.97 Å². The molecule has 0 aromatic carbocycles. The molecule has 4 heterocycles. The van der Waals surface area contributed by atoms with Crippen molar-refractivity contribution in [3.8, 4) is 0 Å². The van der Waals surface area contributed by atoms with Crippen LogP contribution in [0.2, 0.25) is 0 Å². The molecule has 1 aliphatic heterocycles. The first kappa shape index (κ1) is 16.1. The van der Waals surface area contributed by atoms with Crippen molar-refractivity contribution in [2.75, 3.05) is 34.8 Å². The highest BCUT2D eigenvalue weighted by molar-refractivity contribution is 5.52. The van der Waals surface area contributed by atoms with E-state index in [9.17, 15) is 0 Å². The minimum Gasteiger partial charge on any atom is -0.384 e. The number of hydrogen-bond donors (Lipinski definition) is 3. The van der Waals surface area contributed by atoms with E-state index in [4.69, 9.17) is 16.0 Å². The van der Waals surface area contributed by atoms with Crippen LogP contribution in [0.15, 0.2) is 29.1 Å². The molecule has 0 bridgehead atoms. The van der Waals surface area contributed by atoms with Crippen molar-refractivity contribution in [1.82, 2.24) is 25.1 Å².